The average Bonchev–Trinajstić information content (AvgIpc) is 2.83. The van der Waals surface area contributed by atoms with Crippen LogP contribution in [0.5, 0.6) is 0 Å². The highest BCUT2D eigenvalue weighted by Crippen LogP contribution is 2.15. The molecule has 0 saturated heterocycles. The molecule has 2 rings (SSSR count). The maximum atomic E-state index is 3.97. The van der Waals surface area contributed by atoms with Crippen LogP contribution in [-0.4, -0.2) is 21.9 Å². The Morgan fingerprint density at radius 3 is 2.88 bits per heavy atom. The Morgan fingerprint density at radius 2 is 2.12 bits per heavy atom. The number of nitrogens with zero attached hydrogens (tertiary/aromatic N) is 2. The quantitative estimate of drug-likeness (QED) is 0.632. The van der Waals surface area contributed by atoms with E-state index < -0.39 is 0 Å². The maximum Gasteiger partial charge on any atom is 0.0893 e. The van der Waals surface area contributed by atoms with Crippen LogP contribution >= 0.6 is 23.3 Å². The van der Waals surface area contributed by atoms with Gasteiger partial charge in [0.05, 0.1) is 5.69 Å². The van der Waals surface area contributed by atoms with Crippen molar-refractivity contribution in [2.75, 3.05) is 12.3 Å². The Labute approximate surface area is 103 Å². The predicted molar refractivity (Wildman–Crippen MR) is 68.8 cm³/mol. The molecular formula is C11H13N3S2. The Hall–Kier alpha value is -0.910. The summed E-state index contributed by atoms with van der Waals surface area (Å²) < 4.78 is 3.82. The van der Waals surface area contributed by atoms with Gasteiger partial charge in [-0.05, 0) is 23.7 Å². The van der Waals surface area contributed by atoms with Gasteiger partial charge < -0.3 is 5.32 Å². The van der Waals surface area contributed by atoms with E-state index in [9.17, 15) is 0 Å². The Bertz CT molecular complexity index is 389. The van der Waals surface area contributed by atoms with E-state index in [0.29, 0.717) is 0 Å². The summed E-state index contributed by atoms with van der Waals surface area (Å²) in [6.07, 6.45) is 0. The molecule has 0 spiro atoms. The number of nitrogens with one attached hydrogen (secondary N) is 1. The molecule has 0 saturated carbocycles. The third kappa shape index (κ3) is 3.92. The first-order chi connectivity index (χ1) is 7.95. The zero-order valence-corrected chi connectivity index (χ0v) is 10.4. The molecule has 0 aliphatic carbocycles. The molecule has 1 heterocycles. The molecule has 84 valence electrons. The van der Waals surface area contributed by atoms with Crippen LogP contribution in [0.2, 0.25) is 0 Å². The van der Waals surface area contributed by atoms with E-state index in [2.05, 4.69) is 39.2 Å². The van der Waals surface area contributed by atoms with Gasteiger partial charge in [-0.2, -0.15) is 0 Å². The smallest absolute Gasteiger partial charge is 0.0893 e. The third-order valence-electron chi connectivity index (χ3n) is 2.00. The van der Waals surface area contributed by atoms with Crippen molar-refractivity contribution in [3.05, 3.63) is 41.4 Å². The lowest BCUT2D eigenvalue weighted by atomic mass is 10.4. The molecule has 2 aromatic rings. The van der Waals surface area contributed by atoms with Crippen LogP contribution in [0.3, 0.4) is 0 Å². The predicted octanol–water partition coefficient (Wildman–Crippen LogP) is 2.42. The van der Waals surface area contributed by atoms with E-state index in [4.69, 9.17) is 0 Å². The van der Waals surface area contributed by atoms with Gasteiger partial charge in [-0.1, -0.05) is 22.7 Å². The van der Waals surface area contributed by atoms with Crippen LogP contribution in [0.1, 0.15) is 5.69 Å². The second-order valence-electron chi connectivity index (χ2n) is 3.23. The van der Waals surface area contributed by atoms with Gasteiger partial charge in [0, 0.05) is 29.1 Å². The molecular weight excluding hydrogens is 238 g/mol. The van der Waals surface area contributed by atoms with Crippen LogP contribution in [0.15, 0.2) is 40.6 Å². The SMILES string of the molecule is c1ccc(SCCNCc2csnn2)cc1. The molecule has 0 aliphatic rings. The van der Waals surface area contributed by atoms with Crippen molar-refractivity contribution < 1.29 is 0 Å². The average molecular weight is 251 g/mol. The van der Waals surface area contributed by atoms with Crippen molar-refractivity contribution in [2.24, 2.45) is 0 Å². The van der Waals surface area contributed by atoms with Crippen molar-refractivity contribution in [2.45, 2.75) is 11.4 Å². The Balaban J connectivity index is 1.59. The number of hydrogen-bond acceptors (Lipinski definition) is 5. The number of aromatic nitrogens is 2. The molecule has 1 aromatic heterocycles. The molecule has 1 aromatic carbocycles. The Kier molecular flexibility index (Phi) is 4.79. The van der Waals surface area contributed by atoms with E-state index in [-0.39, 0.29) is 0 Å². The molecule has 0 atom stereocenters. The molecule has 3 nitrogen and oxygen atoms in total. The molecule has 16 heavy (non-hydrogen) atoms. The first-order valence-electron chi connectivity index (χ1n) is 5.09. The van der Waals surface area contributed by atoms with E-state index >= 15 is 0 Å². The highest BCUT2D eigenvalue weighted by atomic mass is 32.2. The van der Waals surface area contributed by atoms with Crippen LogP contribution in [-0.2, 0) is 6.54 Å². The van der Waals surface area contributed by atoms with Gasteiger partial charge in [-0.3, -0.25) is 0 Å². The summed E-state index contributed by atoms with van der Waals surface area (Å²) in [5, 5.41) is 9.28. The fourth-order valence-corrected chi connectivity index (χ4v) is 2.52. The van der Waals surface area contributed by atoms with Gasteiger partial charge in [0.15, 0.2) is 0 Å². The fraction of sp³-hybridized carbons (Fsp3) is 0.273. The van der Waals surface area contributed by atoms with E-state index in [1.165, 1.54) is 16.4 Å². The van der Waals surface area contributed by atoms with E-state index in [0.717, 1.165) is 24.5 Å². The van der Waals surface area contributed by atoms with Crippen molar-refractivity contribution in [1.29, 1.82) is 0 Å². The van der Waals surface area contributed by atoms with Crippen LogP contribution in [0.25, 0.3) is 0 Å². The second-order valence-corrected chi connectivity index (χ2v) is 5.01. The molecule has 5 heteroatoms. The summed E-state index contributed by atoms with van der Waals surface area (Å²) in [5.41, 5.74) is 1.02. The minimum atomic E-state index is 0.811. The lowest BCUT2D eigenvalue weighted by molar-refractivity contribution is 0.712. The number of rotatable bonds is 6. The summed E-state index contributed by atoms with van der Waals surface area (Å²) in [4.78, 5) is 1.32. The van der Waals surface area contributed by atoms with Gasteiger partial charge in [0.2, 0.25) is 0 Å². The van der Waals surface area contributed by atoms with Crippen molar-refractivity contribution in [3.8, 4) is 0 Å². The summed E-state index contributed by atoms with van der Waals surface area (Å²) in [7, 11) is 0. The van der Waals surface area contributed by atoms with Crippen LogP contribution < -0.4 is 5.32 Å². The van der Waals surface area contributed by atoms with Gasteiger partial charge in [0.1, 0.15) is 0 Å². The molecule has 0 aliphatic heterocycles. The minimum absolute atomic E-state index is 0.811. The van der Waals surface area contributed by atoms with E-state index in [1.54, 1.807) is 0 Å². The lowest BCUT2D eigenvalue weighted by Gasteiger charge is -2.02. The fourth-order valence-electron chi connectivity index (χ4n) is 1.24. The Morgan fingerprint density at radius 1 is 1.25 bits per heavy atom. The molecule has 0 unspecified atom stereocenters. The summed E-state index contributed by atoms with van der Waals surface area (Å²) in [5.74, 6) is 1.07. The summed E-state index contributed by atoms with van der Waals surface area (Å²) in [6.45, 7) is 1.79. The monoisotopic (exact) mass is 251 g/mol. The summed E-state index contributed by atoms with van der Waals surface area (Å²) >= 11 is 3.26. The molecule has 0 bridgehead atoms. The minimum Gasteiger partial charge on any atom is -0.310 e. The number of thioether (sulfide) groups is 1. The number of hydrogen-bond donors (Lipinski definition) is 1. The zero-order valence-electron chi connectivity index (χ0n) is 8.80. The summed E-state index contributed by atoms with van der Waals surface area (Å²) in [6, 6.07) is 10.4. The number of benzene rings is 1. The van der Waals surface area contributed by atoms with Crippen molar-refractivity contribution in [1.82, 2.24) is 14.9 Å². The van der Waals surface area contributed by atoms with Gasteiger partial charge >= 0.3 is 0 Å². The van der Waals surface area contributed by atoms with Gasteiger partial charge in [-0.15, -0.1) is 16.9 Å². The molecule has 0 fully saturated rings. The molecule has 0 radical (unpaired) electrons. The highest BCUT2D eigenvalue weighted by molar-refractivity contribution is 7.99. The lowest BCUT2D eigenvalue weighted by Crippen LogP contribution is -2.16. The zero-order chi connectivity index (χ0) is 11.1. The van der Waals surface area contributed by atoms with Crippen molar-refractivity contribution in [3.63, 3.8) is 0 Å². The van der Waals surface area contributed by atoms with E-state index in [1.807, 2.05) is 23.2 Å². The highest BCUT2D eigenvalue weighted by Gasteiger charge is 1.95. The van der Waals surface area contributed by atoms with Gasteiger partial charge in [-0.25, -0.2) is 0 Å². The topological polar surface area (TPSA) is 37.8 Å². The largest absolute Gasteiger partial charge is 0.310 e. The molecule has 1 N–H and O–H groups in total. The normalized spacial score (nSPS) is 10.5. The first kappa shape index (κ1) is 11.6. The standard InChI is InChI=1S/C11H13N3S2/c1-2-4-11(5-3-1)15-7-6-12-8-10-9-16-14-13-10/h1-5,9,12H,6-8H2. The van der Waals surface area contributed by atoms with Crippen molar-refractivity contribution >= 4 is 23.3 Å². The van der Waals surface area contributed by atoms with Crippen LogP contribution in [0, 0.1) is 0 Å². The first-order valence-corrected chi connectivity index (χ1v) is 6.92. The second kappa shape index (κ2) is 6.62. The third-order valence-corrected chi connectivity index (χ3v) is 3.57. The maximum absolute atomic E-state index is 3.97. The molecule has 0 amide bonds. The van der Waals surface area contributed by atoms with Gasteiger partial charge in [0.25, 0.3) is 0 Å². The van der Waals surface area contributed by atoms with Crippen LogP contribution in [0.4, 0.5) is 0 Å².